The summed E-state index contributed by atoms with van der Waals surface area (Å²) in [5.41, 5.74) is 0.480. The average molecular weight is 322 g/mol. The number of esters is 1. The topological polar surface area (TPSA) is 29.5 Å². The van der Waals surface area contributed by atoms with Gasteiger partial charge in [-0.1, -0.05) is 32.3 Å². The lowest BCUT2D eigenvalue weighted by Gasteiger charge is -2.08. The summed E-state index contributed by atoms with van der Waals surface area (Å²) < 4.78 is 5.02. The molecular weight excluding hydrogens is 294 g/mol. The fourth-order valence-electron chi connectivity index (χ4n) is 1.53. The van der Waals surface area contributed by atoms with E-state index in [0.29, 0.717) is 12.2 Å². The van der Waals surface area contributed by atoms with Gasteiger partial charge < -0.3 is 9.64 Å². The van der Waals surface area contributed by atoms with Gasteiger partial charge in [-0.2, -0.15) is 0 Å². The second kappa shape index (κ2) is 13.1. The maximum absolute atomic E-state index is 11.1. The molecule has 0 aliphatic carbocycles. The van der Waals surface area contributed by atoms with Gasteiger partial charge in [-0.15, -0.1) is 17.0 Å². The molecule has 0 N–H and O–H groups in total. The van der Waals surface area contributed by atoms with Gasteiger partial charge >= 0.3 is 5.97 Å². The first-order valence-electron chi connectivity index (χ1n) is 6.51. The second-order valence-corrected chi connectivity index (χ2v) is 4.84. The Kier molecular flexibility index (Phi) is 14.5. The van der Waals surface area contributed by atoms with Crippen LogP contribution in [0.25, 0.3) is 0 Å². The van der Waals surface area contributed by atoms with Crippen molar-refractivity contribution in [2.75, 3.05) is 27.2 Å². The minimum Gasteiger partial charge on any atom is -0.462 e. The number of carbonyl (C=O) groups excluding carboxylic acids is 1. The average Bonchev–Trinajstić information content (AvgIpc) is 2.25. The first-order valence-corrected chi connectivity index (χ1v) is 6.51. The molecule has 0 unspecified atom stereocenters. The molecule has 0 saturated carbocycles. The first-order chi connectivity index (χ1) is 8.04. The van der Waals surface area contributed by atoms with Crippen LogP contribution in [0.1, 0.15) is 45.4 Å². The van der Waals surface area contributed by atoms with Crippen LogP contribution in [0.3, 0.4) is 0 Å². The summed E-state index contributed by atoms with van der Waals surface area (Å²) in [6, 6.07) is 0. The Labute approximate surface area is 122 Å². The van der Waals surface area contributed by atoms with Crippen LogP contribution in [0.5, 0.6) is 0 Å². The number of nitrogens with zero attached hydrogens (tertiary/aromatic N) is 1. The lowest BCUT2D eigenvalue weighted by atomic mass is 10.1. The highest BCUT2D eigenvalue weighted by Crippen LogP contribution is 2.06. The van der Waals surface area contributed by atoms with Gasteiger partial charge in [-0.3, -0.25) is 0 Å². The molecule has 0 bridgehead atoms. The standard InChI is InChI=1S/C14H27NO2.BrH/c1-13(2)14(16)17-12-10-8-6-5-7-9-11-15(3)4;/h1,5-12H2,2-4H3;1H. The van der Waals surface area contributed by atoms with Crippen LogP contribution in [0.2, 0.25) is 0 Å². The Hall–Kier alpha value is -0.350. The van der Waals surface area contributed by atoms with E-state index in [1.807, 2.05) is 0 Å². The van der Waals surface area contributed by atoms with Gasteiger partial charge in [0, 0.05) is 5.57 Å². The molecule has 0 aliphatic rings. The molecule has 0 rings (SSSR count). The van der Waals surface area contributed by atoms with Crippen LogP contribution >= 0.6 is 17.0 Å². The van der Waals surface area contributed by atoms with Crippen molar-refractivity contribution in [2.24, 2.45) is 0 Å². The van der Waals surface area contributed by atoms with Crippen molar-refractivity contribution in [1.82, 2.24) is 4.90 Å². The molecule has 4 heteroatoms. The highest BCUT2D eigenvalue weighted by atomic mass is 79.9. The third kappa shape index (κ3) is 13.7. The second-order valence-electron chi connectivity index (χ2n) is 4.84. The van der Waals surface area contributed by atoms with Crippen molar-refractivity contribution in [3.63, 3.8) is 0 Å². The Bertz CT molecular complexity index is 230. The van der Waals surface area contributed by atoms with E-state index < -0.39 is 0 Å². The fraction of sp³-hybridized carbons (Fsp3) is 0.786. The van der Waals surface area contributed by atoms with Gasteiger partial charge in [0.05, 0.1) is 6.61 Å². The van der Waals surface area contributed by atoms with E-state index >= 15 is 0 Å². The Balaban J connectivity index is 0. The number of hydrogen-bond donors (Lipinski definition) is 0. The van der Waals surface area contributed by atoms with Crippen molar-refractivity contribution in [2.45, 2.75) is 45.4 Å². The number of rotatable bonds is 10. The van der Waals surface area contributed by atoms with E-state index in [2.05, 4.69) is 25.6 Å². The first kappa shape index (κ1) is 20.0. The summed E-state index contributed by atoms with van der Waals surface area (Å²) in [5.74, 6) is -0.268. The summed E-state index contributed by atoms with van der Waals surface area (Å²) >= 11 is 0. The summed E-state index contributed by atoms with van der Waals surface area (Å²) in [4.78, 5) is 13.3. The van der Waals surface area contributed by atoms with Gasteiger partial charge in [0.15, 0.2) is 0 Å². The highest BCUT2D eigenvalue weighted by molar-refractivity contribution is 8.93. The van der Waals surface area contributed by atoms with Gasteiger partial charge in [-0.05, 0) is 40.4 Å². The quantitative estimate of drug-likeness (QED) is 0.350. The number of ether oxygens (including phenoxy) is 1. The van der Waals surface area contributed by atoms with Crippen LogP contribution in [0.15, 0.2) is 12.2 Å². The van der Waals surface area contributed by atoms with Crippen molar-refractivity contribution in [3.8, 4) is 0 Å². The van der Waals surface area contributed by atoms with Crippen LogP contribution < -0.4 is 0 Å². The summed E-state index contributed by atoms with van der Waals surface area (Å²) in [6.07, 6.45) is 7.19. The number of hydrogen-bond acceptors (Lipinski definition) is 3. The zero-order valence-electron chi connectivity index (χ0n) is 12.0. The molecular formula is C14H28BrNO2. The molecule has 0 atom stereocenters. The molecule has 0 heterocycles. The predicted octanol–water partition coefficient (Wildman–Crippen LogP) is 3.59. The minimum absolute atomic E-state index is 0. The number of halogens is 1. The monoisotopic (exact) mass is 321 g/mol. The Morgan fingerprint density at radius 2 is 1.56 bits per heavy atom. The predicted molar refractivity (Wildman–Crippen MR) is 82.4 cm³/mol. The minimum atomic E-state index is -0.268. The molecule has 0 spiro atoms. The molecule has 0 fully saturated rings. The van der Waals surface area contributed by atoms with Gasteiger partial charge in [0.25, 0.3) is 0 Å². The van der Waals surface area contributed by atoms with Gasteiger partial charge in [0.2, 0.25) is 0 Å². The van der Waals surface area contributed by atoms with Crippen LogP contribution in [0.4, 0.5) is 0 Å². The van der Waals surface area contributed by atoms with E-state index in [1.54, 1.807) is 6.92 Å². The number of carbonyl (C=O) groups is 1. The molecule has 0 amide bonds. The molecule has 0 saturated heterocycles. The Morgan fingerprint density at radius 1 is 1.06 bits per heavy atom. The maximum atomic E-state index is 11.1. The molecule has 3 nitrogen and oxygen atoms in total. The smallest absolute Gasteiger partial charge is 0.333 e. The van der Waals surface area contributed by atoms with E-state index in [9.17, 15) is 4.79 Å². The van der Waals surface area contributed by atoms with E-state index in [0.717, 1.165) is 12.8 Å². The van der Waals surface area contributed by atoms with Crippen LogP contribution in [-0.4, -0.2) is 38.1 Å². The highest BCUT2D eigenvalue weighted by Gasteiger charge is 2.01. The molecule has 0 aromatic rings. The van der Waals surface area contributed by atoms with Gasteiger partial charge in [0.1, 0.15) is 0 Å². The number of unbranched alkanes of at least 4 members (excludes halogenated alkanes) is 5. The maximum Gasteiger partial charge on any atom is 0.333 e. The largest absolute Gasteiger partial charge is 0.462 e. The zero-order valence-corrected chi connectivity index (χ0v) is 13.7. The summed E-state index contributed by atoms with van der Waals surface area (Å²) in [6.45, 7) is 6.92. The fourth-order valence-corrected chi connectivity index (χ4v) is 1.53. The molecule has 0 radical (unpaired) electrons. The molecule has 108 valence electrons. The SMILES string of the molecule is Br.C=C(C)C(=O)OCCCCCCCCN(C)C. The normalized spacial score (nSPS) is 10.0. The molecule has 0 aromatic heterocycles. The van der Waals surface area contributed by atoms with Crippen LogP contribution in [-0.2, 0) is 9.53 Å². The lowest BCUT2D eigenvalue weighted by Crippen LogP contribution is -2.12. The van der Waals surface area contributed by atoms with Crippen molar-refractivity contribution in [3.05, 3.63) is 12.2 Å². The third-order valence-electron chi connectivity index (χ3n) is 2.58. The van der Waals surface area contributed by atoms with Crippen molar-refractivity contribution >= 4 is 23.0 Å². The van der Waals surface area contributed by atoms with Crippen molar-refractivity contribution < 1.29 is 9.53 Å². The Morgan fingerprint density at radius 3 is 2.06 bits per heavy atom. The van der Waals surface area contributed by atoms with E-state index in [4.69, 9.17) is 4.74 Å². The van der Waals surface area contributed by atoms with Crippen molar-refractivity contribution in [1.29, 1.82) is 0 Å². The third-order valence-corrected chi connectivity index (χ3v) is 2.58. The molecule has 18 heavy (non-hydrogen) atoms. The molecule has 0 aromatic carbocycles. The lowest BCUT2D eigenvalue weighted by molar-refractivity contribution is -0.139. The van der Waals surface area contributed by atoms with Crippen LogP contribution in [0, 0.1) is 0 Å². The summed E-state index contributed by atoms with van der Waals surface area (Å²) in [7, 11) is 4.21. The summed E-state index contributed by atoms with van der Waals surface area (Å²) in [5, 5.41) is 0. The molecule has 0 aliphatic heterocycles. The zero-order chi connectivity index (χ0) is 13.1. The van der Waals surface area contributed by atoms with E-state index in [1.165, 1.54) is 32.2 Å². The van der Waals surface area contributed by atoms with Gasteiger partial charge in [-0.25, -0.2) is 4.79 Å². The van der Waals surface area contributed by atoms with E-state index in [-0.39, 0.29) is 23.0 Å².